The maximum absolute atomic E-state index is 14.3. The molecule has 0 aromatic carbocycles. The quantitative estimate of drug-likeness (QED) is 0.674. The highest BCUT2D eigenvalue weighted by Gasteiger charge is 2.60. The molecule has 0 spiro atoms. The monoisotopic (exact) mass is 305 g/mol. The van der Waals surface area contributed by atoms with Gasteiger partial charge in [-0.3, -0.25) is 0 Å². The summed E-state index contributed by atoms with van der Waals surface area (Å²) >= 11 is 0. The van der Waals surface area contributed by atoms with Crippen molar-refractivity contribution in [3.8, 4) is 0 Å². The second-order valence-corrected chi connectivity index (χ2v) is 8.58. The summed E-state index contributed by atoms with van der Waals surface area (Å²) < 4.78 is 14.3. The molecule has 4 rings (SSSR count). The number of hydrogen-bond acceptors (Lipinski definition) is 2. The van der Waals surface area contributed by atoms with E-state index in [4.69, 9.17) is 5.73 Å². The SMILES string of the molecule is C[C@]12CC[C@H]3[C@@H](CC=C4C[C@@H](O)C=C[C@@]43C)[C@@H]1C[C@@H](F)[C@@H]2N. The molecule has 0 bridgehead atoms. The predicted molar refractivity (Wildman–Crippen MR) is 85.9 cm³/mol. The van der Waals surface area contributed by atoms with Gasteiger partial charge in [-0.25, -0.2) is 4.39 Å². The Kier molecular flexibility index (Phi) is 3.16. The number of alkyl halides is 1. The molecule has 0 aliphatic heterocycles. The molecule has 2 saturated carbocycles. The normalized spacial score (nSPS) is 56.9. The fraction of sp³-hybridized carbons (Fsp3) is 0.789. The molecule has 3 heteroatoms. The Labute approximate surface area is 132 Å². The predicted octanol–water partition coefficient (Wildman–Crippen LogP) is 3.36. The van der Waals surface area contributed by atoms with E-state index in [1.807, 2.05) is 6.08 Å². The van der Waals surface area contributed by atoms with Crippen molar-refractivity contribution in [1.82, 2.24) is 0 Å². The average molecular weight is 305 g/mol. The minimum atomic E-state index is -0.837. The number of fused-ring (bicyclic) bond motifs is 5. The number of rotatable bonds is 0. The number of halogens is 1. The fourth-order valence-corrected chi connectivity index (χ4v) is 6.24. The Balaban J connectivity index is 1.71. The lowest BCUT2D eigenvalue weighted by Gasteiger charge is -2.56. The van der Waals surface area contributed by atoms with E-state index in [-0.39, 0.29) is 23.0 Å². The highest BCUT2D eigenvalue weighted by Crippen LogP contribution is 2.63. The lowest BCUT2D eigenvalue weighted by Crippen LogP contribution is -2.52. The van der Waals surface area contributed by atoms with Gasteiger partial charge in [0.25, 0.3) is 0 Å². The Morgan fingerprint density at radius 1 is 1.32 bits per heavy atom. The summed E-state index contributed by atoms with van der Waals surface area (Å²) in [6, 6.07) is -0.291. The van der Waals surface area contributed by atoms with Crippen LogP contribution in [-0.4, -0.2) is 23.4 Å². The number of hydrogen-bond donors (Lipinski definition) is 2. The largest absolute Gasteiger partial charge is 0.389 e. The van der Waals surface area contributed by atoms with Gasteiger partial charge in [0, 0.05) is 11.5 Å². The lowest BCUT2D eigenvalue weighted by atomic mass is 9.49. The molecule has 0 radical (unpaired) electrons. The zero-order chi connectivity index (χ0) is 15.7. The van der Waals surface area contributed by atoms with Crippen LogP contribution in [0.2, 0.25) is 0 Å². The smallest absolute Gasteiger partial charge is 0.116 e. The molecule has 3 N–H and O–H groups in total. The zero-order valence-corrected chi connectivity index (χ0v) is 13.6. The fourth-order valence-electron chi connectivity index (χ4n) is 6.24. The first-order chi connectivity index (χ1) is 10.4. The minimum Gasteiger partial charge on any atom is -0.389 e. The molecular weight excluding hydrogens is 277 g/mol. The van der Waals surface area contributed by atoms with Crippen molar-refractivity contribution in [2.75, 3.05) is 0 Å². The molecule has 0 aromatic heterocycles. The van der Waals surface area contributed by atoms with Gasteiger partial charge in [-0.05, 0) is 55.3 Å². The molecule has 0 amide bonds. The molecule has 4 aliphatic rings. The molecule has 8 atom stereocenters. The van der Waals surface area contributed by atoms with E-state index >= 15 is 0 Å². The molecule has 4 aliphatic carbocycles. The van der Waals surface area contributed by atoms with Crippen molar-refractivity contribution in [3.63, 3.8) is 0 Å². The molecule has 0 unspecified atom stereocenters. The minimum absolute atomic E-state index is 0.0276. The molecule has 22 heavy (non-hydrogen) atoms. The summed E-state index contributed by atoms with van der Waals surface area (Å²) in [5, 5.41) is 9.93. The van der Waals surface area contributed by atoms with Crippen molar-refractivity contribution in [2.24, 2.45) is 34.3 Å². The van der Waals surface area contributed by atoms with E-state index < -0.39 is 6.17 Å². The molecular formula is C19H28FNO. The number of aliphatic hydroxyl groups is 1. The molecule has 122 valence electrons. The first kappa shape index (κ1) is 14.9. The van der Waals surface area contributed by atoms with Gasteiger partial charge in [-0.2, -0.15) is 0 Å². The Morgan fingerprint density at radius 3 is 2.86 bits per heavy atom. The van der Waals surface area contributed by atoms with Gasteiger partial charge >= 0.3 is 0 Å². The van der Waals surface area contributed by atoms with E-state index in [1.54, 1.807) is 0 Å². The molecule has 0 aromatic rings. The van der Waals surface area contributed by atoms with Crippen LogP contribution in [0.25, 0.3) is 0 Å². The Bertz CT molecular complexity index is 544. The van der Waals surface area contributed by atoms with Gasteiger partial charge in [0.1, 0.15) is 6.17 Å². The standard InChI is InChI=1S/C19H28FNO/c1-18-7-5-12(22)9-11(18)3-4-13-14(18)6-8-19(2)15(13)10-16(20)17(19)21/h3,5,7,12-17,22H,4,6,8-10,21H2,1-2H3/t12-,13+,14-,15-,16+,17-,18-,19-/m0/s1. The third kappa shape index (κ3) is 1.78. The van der Waals surface area contributed by atoms with E-state index in [0.717, 1.165) is 25.7 Å². The van der Waals surface area contributed by atoms with E-state index in [1.165, 1.54) is 5.57 Å². The first-order valence-electron chi connectivity index (χ1n) is 8.83. The Hall–Kier alpha value is -0.670. The molecule has 0 heterocycles. The van der Waals surface area contributed by atoms with Crippen molar-refractivity contribution >= 4 is 0 Å². The van der Waals surface area contributed by atoms with Crippen LogP contribution in [0.15, 0.2) is 23.8 Å². The second-order valence-electron chi connectivity index (χ2n) is 8.58. The third-order valence-corrected chi connectivity index (χ3v) is 7.70. The number of aliphatic hydroxyl groups excluding tert-OH is 1. The molecule has 0 saturated heterocycles. The van der Waals surface area contributed by atoms with Gasteiger partial charge in [-0.1, -0.05) is 37.6 Å². The number of nitrogens with two attached hydrogens (primary N) is 1. The van der Waals surface area contributed by atoms with Crippen molar-refractivity contribution in [1.29, 1.82) is 0 Å². The van der Waals surface area contributed by atoms with E-state index in [0.29, 0.717) is 24.2 Å². The van der Waals surface area contributed by atoms with Crippen LogP contribution < -0.4 is 5.73 Å². The van der Waals surface area contributed by atoms with Crippen LogP contribution in [0.5, 0.6) is 0 Å². The summed E-state index contributed by atoms with van der Waals surface area (Å²) in [5.41, 5.74) is 7.66. The Morgan fingerprint density at radius 2 is 2.09 bits per heavy atom. The summed E-state index contributed by atoms with van der Waals surface area (Å²) in [5.74, 6) is 1.53. The van der Waals surface area contributed by atoms with Gasteiger partial charge in [0.15, 0.2) is 0 Å². The van der Waals surface area contributed by atoms with Crippen LogP contribution >= 0.6 is 0 Å². The summed E-state index contributed by atoms with van der Waals surface area (Å²) in [7, 11) is 0. The van der Waals surface area contributed by atoms with Gasteiger partial charge in [0.05, 0.1) is 6.10 Å². The van der Waals surface area contributed by atoms with Crippen LogP contribution in [-0.2, 0) is 0 Å². The van der Waals surface area contributed by atoms with Crippen LogP contribution in [0.3, 0.4) is 0 Å². The van der Waals surface area contributed by atoms with Crippen molar-refractivity contribution in [2.45, 2.75) is 64.3 Å². The summed E-state index contributed by atoms with van der Waals surface area (Å²) in [6.07, 6.45) is 9.99. The van der Waals surface area contributed by atoms with Crippen molar-refractivity contribution < 1.29 is 9.50 Å². The van der Waals surface area contributed by atoms with Crippen LogP contribution in [0, 0.1) is 28.6 Å². The van der Waals surface area contributed by atoms with Crippen molar-refractivity contribution in [3.05, 3.63) is 23.8 Å². The third-order valence-electron chi connectivity index (χ3n) is 7.70. The first-order valence-corrected chi connectivity index (χ1v) is 8.83. The topological polar surface area (TPSA) is 46.2 Å². The van der Waals surface area contributed by atoms with Gasteiger partial charge in [0.2, 0.25) is 0 Å². The molecule has 2 nitrogen and oxygen atoms in total. The average Bonchev–Trinajstić information content (AvgIpc) is 2.72. The highest BCUT2D eigenvalue weighted by atomic mass is 19.1. The summed E-state index contributed by atoms with van der Waals surface area (Å²) in [6.45, 7) is 4.54. The van der Waals surface area contributed by atoms with Crippen LogP contribution in [0.4, 0.5) is 4.39 Å². The molecule has 2 fully saturated rings. The van der Waals surface area contributed by atoms with E-state index in [9.17, 15) is 9.50 Å². The van der Waals surface area contributed by atoms with Gasteiger partial charge < -0.3 is 10.8 Å². The van der Waals surface area contributed by atoms with E-state index in [2.05, 4.69) is 26.0 Å². The van der Waals surface area contributed by atoms with Gasteiger partial charge in [-0.15, -0.1) is 0 Å². The second kappa shape index (κ2) is 4.67. The maximum Gasteiger partial charge on any atom is 0.116 e. The van der Waals surface area contributed by atoms with Crippen LogP contribution in [0.1, 0.15) is 46.0 Å². The highest BCUT2D eigenvalue weighted by molar-refractivity contribution is 5.33. The lowest BCUT2D eigenvalue weighted by molar-refractivity contribution is -0.0115. The maximum atomic E-state index is 14.3. The number of allylic oxidation sites excluding steroid dienone is 2. The zero-order valence-electron chi connectivity index (χ0n) is 13.6. The summed E-state index contributed by atoms with van der Waals surface area (Å²) in [4.78, 5) is 0.